The number of hydrogen-bond donors (Lipinski definition) is 0. The molecule has 0 radical (unpaired) electrons. The van der Waals surface area contributed by atoms with Gasteiger partial charge in [0.1, 0.15) is 11.6 Å². The van der Waals surface area contributed by atoms with Crippen molar-refractivity contribution in [2.45, 2.75) is 19.2 Å². The highest BCUT2D eigenvalue weighted by Gasteiger charge is 2.11. The van der Waals surface area contributed by atoms with Crippen LogP contribution < -0.4 is 4.74 Å². The zero-order valence-electron chi connectivity index (χ0n) is 11.9. The number of nitrogens with zero attached hydrogens (tertiary/aromatic N) is 2. The molecule has 4 heteroatoms. The van der Waals surface area contributed by atoms with Gasteiger partial charge in [-0.05, 0) is 42.8 Å². The fourth-order valence-corrected chi connectivity index (χ4v) is 2.54. The number of hydrogen-bond acceptors (Lipinski definition) is 2. The lowest BCUT2D eigenvalue weighted by atomic mass is 10.2. The van der Waals surface area contributed by atoms with E-state index in [9.17, 15) is 0 Å². The third-order valence-corrected chi connectivity index (χ3v) is 3.56. The van der Waals surface area contributed by atoms with Gasteiger partial charge >= 0.3 is 0 Å². The van der Waals surface area contributed by atoms with Crippen molar-refractivity contribution >= 4 is 22.6 Å². The van der Waals surface area contributed by atoms with Gasteiger partial charge in [-0.2, -0.15) is 0 Å². The van der Waals surface area contributed by atoms with Gasteiger partial charge in [0.15, 0.2) is 0 Å². The van der Waals surface area contributed by atoms with Crippen LogP contribution in [0, 0.1) is 0 Å². The summed E-state index contributed by atoms with van der Waals surface area (Å²) in [5, 5.41) is 0. The molecule has 3 rings (SSSR count). The van der Waals surface area contributed by atoms with E-state index in [1.54, 1.807) is 0 Å². The van der Waals surface area contributed by atoms with Gasteiger partial charge in [-0.3, -0.25) is 4.57 Å². The second kappa shape index (κ2) is 6.19. The molecule has 0 aliphatic rings. The van der Waals surface area contributed by atoms with E-state index >= 15 is 0 Å². The Morgan fingerprint density at radius 3 is 2.57 bits per heavy atom. The lowest BCUT2D eigenvalue weighted by Crippen LogP contribution is -2.00. The molecule has 0 amide bonds. The summed E-state index contributed by atoms with van der Waals surface area (Å²) in [5.74, 6) is 2.11. The first-order chi connectivity index (χ1) is 10.3. The number of imidazole rings is 1. The lowest BCUT2D eigenvalue weighted by molar-refractivity contribution is 0.317. The Morgan fingerprint density at radius 1 is 1.10 bits per heavy atom. The fourth-order valence-electron chi connectivity index (χ4n) is 2.36. The SMILES string of the molecule is CCCOc1ccc(-n2c(CCl)nc3ccccc32)cc1. The molecule has 0 atom stereocenters. The summed E-state index contributed by atoms with van der Waals surface area (Å²) in [6.45, 7) is 2.83. The number of halogens is 1. The smallest absolute Gasteiger partial charge is 0.129 e. The highest BCUT2D eigenvalue weighted by molar-refractivity contribution is 6.17. The third kappa shape index (κ3) is 2.74. The molecule has 0 aliphatic heterocycles. The van der Waals surface area contributed by atoms with Crippen LogP contribution in [0.1, 0.15) is 19.2 Å². The maximum absolute atomic E-state index is 6.05. The van der Waals surface area contributed by atoms with E-state index in [4.69, 9.17) is 16.3 Å². The average molecular weight is 301 g/mol. The van der Waals surface area contributed by atoms with Gasteiger partial charge in [0, 0.05) is 5.69 Å². The van der Waals surface area contributed by atoms with Crippen LogP contribution in [-0.4, -0.2) is 16.2 Å². The van der Waals surface area contributed by atoms with Crippen molar-refractivity contribution in [3.05, 3.63) is 54.4 Å². The lowest BCUT2D eigenvalue weighted by Gasteiger charge is -2.09. The molecule has 0 saturated carbocycles. The van der Waals surface area contributed by atoms with Gasteiger partial charge < -0.3 is 4.74 Å². The first-order valence-electron chi connectivity index (χ1n) is 7.09. The van der Waals surface area contributed by atoms with Crippen molar-refractivity contribution in [3.63, 3.8) is 0 Å². The van der Waals surface area contributed by atoms with E-state index in [2.05, 4.69) is 22.5 Å². The monoisotopic (exact) mass is 300 g/mol. The third-order valence-electron chi connectivity index (χ3n) is 3.32. The van der Waals surface area contributed by atoms with Crippen LogP contribution in [0.4, 0.5) is 0 Å². The molecule has 0 unspecified atom stereocenters. The first-order valence-corrected chi connectivity index (χ1v) is 7.62. The Labute approximate surface area is 129 Å². The van der Waals surface area contributed by atoms with E-state index in [1.807, 2.05) is 42.5 Å². The van der Waals surface area contributed by atoms with E-state index < -0.39 is 0 Å². The predicted octanol–water partition coefficient (Wildman–Crippen LogP) is 4.55. The van der Waals surface area contributed by atoms with Crippen molar-refractivity contribution in [1.29, 1.82) is 0 Å². The maximum atomic E-state index is 6.05. The Kier molecular flexibility index (Phi) is 4.11. The minimum Gasteiger partial charge on any atom is -0.494 e. The maximum Gasteiger partial charge on any atom is 0.129 e. The van der Waals surface area contributed by atoms with Crippen molar-refractivity contribution in [1.82, 2.24) is 9.55 Å². The number of aromatic nitrogens is 2. The van der Waals surface area contributed by atoms with E-state index in [0.29, 0.717) is 5.88 Å². The van der Waals surface area contributed by atoms with Gasteiger partial charge in [0.2, 0.25) is 0 Å². The number of ether oxygens (including phenoxy) is 1. The van der Waals surface area contributed by atoms with Crippen LogP contribution in [0.2, 0.25) is 0 Å². The van der Waals surface area contributed by atoms with Crippen molar-refractivity contribution in [3.8, 4) is 11.4 Å². The Balaban J connectivity index is 2.03. The zero-order valence-corrected chi connectivity index (χ0v) is 12.7. The Bertz CT molecular complexity index is 734. The van der Waals surface area contributed by atoms with Gasteiger partial charge in [-0.25, -0.2) is 4.98 Å². The molecule has 0 bridgehead atoms. The van der Waals surface area contributed by atoms with Crippen LogP contribution in [0.3, 0.4) is 0 Å². The molecule has 3 nitrogen and oxygen atoms in total. The second-order valence-electron chi connectivity index (χ2n) is 4.83. The van der Waals surface area contributed by atoms with Crippen LogP contribution in [0.25, 0.3) is 16.7 Å². The highest BCUT2D eigenvalue weighted by Crippen LogP contribution is 2.24. The van der Waals surface area contributed by atoms with Crippen molar-refractivity contribution < 1.29 is 4.74 Å². The number of fused-ring (bicyclic) bond motifs is 1. The molecule has 2 aromatic carbocycles. The molecule has 0 aliphatic carbocycles. The summed E-state index contributed by atoms with van der Waals surface area (Å²) in [6, 6.07) is 16.1. The standard InChI is InChI=1S/C17H17ClN2O/c1-2-11-21-14-9-7-13(8-10-14)20-16-6-4-3-5-15(16)19-17(20)12-18/h3-10H,2,11-12H2,1H3. The summed E-state index contributed by atoms with van der Waals surface area (Å²) < 4.78 is 7.71. The second-order valence-corrected chi connectivity index (χ2v) is 5.10. The summed E-state index contributed by atoms with van der Waals surface area (Å²) in [4.78, 5) is 4.58. The normalized spacial score (nSPS) is 11.0. The van der Waals surface area contributed by atoms with Crippen LogP contribution >= 0.6 is 11.6 Å². The molecule has 21 heavy (non-hydrogen) atoms. The molecule has 0 fully saturated rings. The van der Waals surface area contributed by atoms with Crippen molar-refractivity contribution in [2.24, 2.45) is 0 Å². The van der Waals surface area contributed by atoms with Crippen LogP contribution in [0.15, 0.2) is 48.5 Å². The summed E-state index contributed by atoms with van der Waals surface area (Å²) in [7, 11) is 0. The highest BCUT2D eigenvalue weighted by atomic mass is 35.5. The molecule has 0 N–H and O–H groups in total. The molecule has 1 aromatic heterocycles. The molecule has 0 spiro atoms. The Morgan fingerprint density at radius 2 is 1.86 bits per heavy atom. The first kappa shape index (κ1) is 14.0. The van der Waals surface area contributed by atoms with Gasteiger partial charge in [-0.1, -0.05) is 19.1 Å². The zero-order chi connectivity index (χ0) is 14.7. The number of alkyl halides is 1. The molecule has 0 saturated heterocycles. The minimum atomic E-state index is 0.378. The van der Waals surface area contributed by atoms with Crippen LogP contribution in [0.5, 0.6) is 5.75 Å². The molecule has 108 valence electrons. The largest absolute Gasteiger partial charge is 0.494 e. The quantitative estimate of drug-likeness (QED) is 0.646. The number of rotatable bonds is 5. The van der Waals surface area contributed by atoms with E-state index in [-0.39, 0.29) is 0 Å². The number of para-hydroxylation sites is 2. The summed E-state index contributed by atoms with van der Waals surface area (Å²) in [5.41, 5.74) is 3.07. The topological polar surface area (TPSA) is 27.1 Å². The Hall–Kier alpha value is -2.00. The molecule has 3 aromatic rings. The summed E-state index contributed by atoms with van der Waals surface area (Å²) >= 11 is 6.05. The molecular weight excluding hydrogens is 284 g/mol. The van der Waals surface area contributed by atoms with E-state index in [0.717, 1.165) is 41.3 Å². The van der Waals surface area contributed by atoms with Gasteiger partial charge in [0.05, 0.1) is 23.5 Å². The van der Waals surface area contributed by atoms with Gasteiger partial charge in [-0.15, -0.1) is 11.6 Å². The minimum absolute atomic E-state index is 0.378. The molecule has 1 heterocycles. The summed E-state index contributed by atoms with van der Waals surface area (Å²) in [6.07, 6.45) is 1.00. The van der Waals surface area contributed by atoms with Crippen molar-refractivity contribution in [2.75, 3.05) is 6.61 Å². The average Bonchev–Trinajstić information content (AvgIpc) is 2.92. The van der Waals surface area contributed by atoms with Gasteiger partial charge in [0.25, 0.3) is 0 Å². The molecular formula is C17H17ClN2O. The predicted molar refractivity (Wildman–Crippen MR) is 86.4 cm³/mol. The van der Waals surface area contributed by atoms with Crippen LogP contribution in [-0.2, 0) is 5.88 Å². The van der Waals surface area contributed by atoms with E-state index in [1.165, 1.54) is 0 Å². The fraction of sp³-hybridized carbons (Fsp3) is 0.235. The number of benzene rings is 2.